The Hall–Kier alpha value is -2.93. The molecule has 0 unspecified atom stereocenters. The summed E-state index contributed by atoms with van der Waals surface area (Å²) in [5.41, 5.74) is 4.20. The Kier molecular flexibility index (Phi) is 8.85. The number of hydrogen-bond donors (Lipinski definition) is 1. The zero-order valence-corrected chi connectivity index (χ0v) is 22.5. The molecule has 8 heteroatoms. The highest BCUT2D eigenvalue weighted by Crippen LogP contribution is 2.48. The van der Waals surface area contributed by atoms with Gasteiger partial charge >= 0.3 is 5.97 Å². The van der Waals surface area contributed by atoms with Gasteiger partial charge in [0.15, 0.2) is 11.5 Å². The summed E-state index contributed by atoms with van der Waals surface area (Å²) in [4.78, 5) is 24.4. The first-order valence-electron chi connectivity index (χ1n) is 13.1. The number of rotatable bonds is 14. The number of benzene rings is 1. The summed E-state index contributed by atoms with van der Waals surface area (Å²) in [6.07, 6.45) is 5.35. The quantitative estimate of drug-likeness (QED) is 0.235. The maximum absolute atomic E-state index is 13.2. The highest BCUT2D eigenvalue weighted by Gasteiger charge is 2.37. The molecule has 1 saturated carbocycles. The number of halogens is 1. The first kappa shape index (κ1) is 27.1. The third-order valence-corrected chi connectivity index (χ3v) is 7.25. The van der Waals surface area contributed by atoms with Crippen molar-refractivity contribution in [1.29, 1.82) is 0 Å². The third-order valence-electron chi connectivity index (χ3n) is 6.90. The van der Waals surface area contributed by atoms with E-state index in [9.17, 15) is 14.7 Å². The minimum Gasteiger partial charge on any atom is -0.481 e. The lowest BCUT2D eigenvalue weighted by atomic mass is 9.87. The zero-order chi connectivity index (χ0) is 26.5. The molecule has 4 rings (SSSR count). The molecule has 1 atom stereocenters. The second kappa shape index (κ2) is 12.1. The van der Waals surface area contributed by atoms with Crippen LogP contribution in [0.5, 0.6) is 0 Å². The Balaban J connectivity index is 1.58. The van der Waals surface area contributed by atoms with Crippen molar-refractivity contribution >= 4 is 23.4 Å². The van der Waals surface area contributed by atoms with Crippen LogP contribution in [0.25, 0.3) is 11.5 Å². The molecule has 1 fully saturated rings. The van der Waals surface area contributed by atoms with E-state index in [0.717, 1.165) is 53.8 Å². The van der Waals surface area contributed by atoms with Crippen LogP contribution in [0.15, 0.2) is 33.3 Å². The summed E-state index contributed by atoms with van der Waals surface area (Å²) in [6, 6.07) is 7.61. The van der Waals surface area contributed by atoms with Gasteiger partial charge in [-0.3, -0.25) is 9.59 Å². The summed E-state index contributed by atoms with van der Waals surface area (Å²) in [5, 5.41) is 18.5. The first-order chi connectivity index (χ1) is 17.7. The number of carbonyl (C=O) groups is 2. The molecule has 0 bridgehead atoms. The van der Waals surface area contributed by atoms with Crippen LogP contribution in [-0.2, 0) is 22.4 Å². The van der Waals surface area contributed by atoms with E-state index in [-0.39, 0.29) is 31.0 Å². The van der Waals surface area contributed by atoms with E-state index < -0.39 is 5.97 Å². The molecule has 2 aromatic heterocycles. The van der Waals surface area contributed by atoms with E-state index in [0.29, 0.717) is 41.2 Å². The molecule has 1 N–H and O–H groups in total. The van der Waals surface area contributed by atoms with Crippen LogP contribution in [0.3, 0.4) is 0 Å². The van der Waals surface area contributed by atoms with Crippen LogP contribution in [0.4, 0.5) is 0 Å². The Morgan fingerprint density at radius 2 is 1.92 bits per heavy atom. The molecule has 0 saturated heterocycles. The van der Waals surface area contributed by atoms with Gasteiger partial charge in [-0.1, -0.05) is 47.9 Å². The summed E-state index contributed by atoms with van der Waals surface area (Å²) >= 11 is 6.37. The smallest absolute Gasteiger partial charge is 0.303 e. The fourth-order valence-electron chi connectivity index (χ4n) is 4.71. The van der Waals surface area contributed by atoms with Crippen LogP contribution >= 0.6 is 11.6 Å². The van der Waals surface area contributed by atoms with Gasteiger partial charge in [-0.15, -0.1) is 0 Å². The molecular formula is C29H35ClN2O5. The minimum atomic E-state index is -0.851. The number of aromatic nitrogens is 2. The Bertz CT molecular complexity index is 1240. The molecule has 0 radical (unpaired) electrons. The van der Waals surface area contributed by atoms with Crippen molar-refractivity contribution in [3.05, 3.63) is 57.4 Å². The van der Waals surface area contributed by atoms with Crippen LogP contribution in [-0.4, -0.2) is 27.2 Å². The second-order valence-corrected chi connectivity index (χ2v) is 11.1. The molecule has 198 valence electrons. The number of ketones is 1. The van der Waals surface area contributed by atoms with E-state index in [1.807, 2.05) is 31.2 Å². The lowest BCUT2D eigenvalue weighted by molar-refractivity contribution is -0.137. The van der Waals surface area contributed by atoms with Gasteiger partial charge in [-0.05, 0) is 68.1 Å². The fourth-order valence-corrected chi connectivity index (χ4v) is 5.02. The van der Waals surface area contributed by atoms with Crippen molar-refractivity contribution in [3.63, 3.8) is 0 Å². The largest absolute Gasteiger partial charge is 0.481 e. The van der Waals surface area contributed by atoms with E-state index in [1.54, 1.807) is 0 Å². The van der Waals surface area contributed by atoms with Gasteiger partial charge in [0.05, 0.1) is 5.69 Å². The SMILES string of the molecule is Cc1ccc(CC(=O)C[C@H](CCCC(=O)O)c2noc(-c3cc(CCC(C)C)on3)c2C2CC2)c(Cl)c1. The van der Waals surface area contributed by atoms with Gasteiger partial charge in [-0.25, -0.2) is 0 Å². The van der Waals surface area contributed by atoms with E-state index in [1.165, 1.54) is 0 Å². The van der Waals surface area contributed by atoms with Crippen molar-refractivity contribution in [3.8, 4) is 11.5 Å². The van der Waals surface area contributed by atoms with Gasteiger partial charge in [0.25, 0.3) is 0 Å². The summed E-state index contributed by atoms with van der Waals surface area (Å²) in [7, 11) is 0. The molecule has 3 aromatic rings. The standard InChI is InChI=1S/C29H35ClN2O5/c1-17(2)7-12-23-16-25(31-36-23)29-27(19-10-11-19)28(32-37-29)21(5-4-6-26(34)35)15-22(33)14-20-9-8-18(3)13-24(20)30/h8-9,13,16-17,19,21H,4-7,10-12,14-15H2,1-3H3,(H,34,35)/t21-/m0/s1. The van der Waals surface area contributed by atoms with Gasteiger partial charge in [-0.2, -0.15) is 0 Å². The molecule has 2 heterocycles. The van der Waals surface area contributed by atoms with E-state index in [2.05, 4.69) is 24.2 Å². The monoisotopic (exact) mass is 526 g/mol. The van der Waals surface area contributed by atoms with Crippen LogP contribution in [0.1, 0.15) is 98.8 Å². The van der Waals surface area contributed by atoms with Gasteiger partial charge < -0.3 is 14.2 Å². The van der Waals surface area contributed by atoms with Crippen LogP contribution < -0.4 is 0 Å². The Morgan fingerprint density at radius 1 is 1.14 bits per heavy atom. The summed E-state index contributed by atoms with van der Waals surface area (Å²) in [5.74, 6) is 1.23. The van der Waals surface area contributed by atoms with Gasteiger partial charge in [0.1, 0.15) is 11.5 Å². The molecule has 0 amide bonds. The maximum atomic E-state index is 13.2. The van der Waals surface area contributed by atoms with E-state index in [4.69, 9.17) is 20.6 Å². The molecule has 7 nitrogen and oxygen atoms in total. The number of Topliss-reactive ketones (excluding diaryl/α,β-unsaturated/α-hetero) is 1. The number of nitrogens with zero attached hydrogens (tertiary/aromatic N) is 2. The molecule has 0 aliphatic heterocycles. The van der Waals surface area contributed by atoms with Crippen molar-refractivity contribution in [2.45, 2.75) is 90.4 Å². The number of carboxylic acids is 1. The Labute approximate surface area is 222 Å². The molecule has 1 aromatic carbocycles. The molecule has 1 aliphatic carbocycles. The maximum Gasteiger partial charge on any atom is 0.303 e. The molecular weight excluding hydrogens is 492 g/mol. The summed E-state index contributed by atoms with van der Waals surface area (Å²) < 4.78 is 11.4. The number of hydrogen-bond acceptors (Lipinski definition) is 6. The third kappa shape index (κ3) is 7.31. The topological polar surface area (TPSA) is 106 Å². The first-order valence-corrected chi connectivity index (χ1v) is 13.5. The van der Waals surface area contributed by atoms with Crippen LogP contribution in [0, 0.1) is 12.8 Å². The number of aliphatic carboxylic acids is 1. The predicted octanol–water partition coefficient (Wildman–Crippen LogP) is 7.30. The Morgan fingerprint density at radius 3 is 2.59 bits per heavy atom. The lowest BCUT2D eigenvalue weighted by Crippen LogP contribution is -2.12. The highest BCUT2D eigenvalue weighted by molar-refractivity contribution is 6.31. The molecule has 37 heavy (non-hydrogen) atoms. The summed E-state index contributed by atoms with van der Waals surface area (Å²) in [6.45, 7) is 6.30. The normalized spacial score (nSPS) is 14.3. The zero-order valence-electron chi connectivity index (χ0n) is 21.8. The van der Waals surface area contributed by atoms with Crippen molar-refractivity contribution < 1.29 is 23.7 Å². The average molecular weight is 527 g/mol. The van der Waals surface area contributed by atoms with Gasteiger partial charge in [0.2, 0.25) is 0 Å². The number of carboxylic acid groups (broad SMARTS) is 1. The van der Waals surface area contributed by atoms with Crippen LogP contribution in [0.2, 0.25) is 5.02 Å². The number of aryl methyl sites for hydroxylation is 2. The minimum absolute atomic E-state index is 0.0368. The fraction of sp³-hybridized carbons (Fsp3) is 0.517. The predicted molar refractivity (Wildman–Crippen MR) is 141 cm³/mol. The van der Waals surface area contributed by atoms with E-state index >= 15 is 0 Å². The average Bonchev–Trinajstić information content (AvgIpc) is 3.39. The van der Waals surface area contributed by atoms with Crippen molar-refractivity contribution in [1.82, 2.24) is 10.3 Å². The van der Waals surface area contributed by atoms with Crippen molar-refractivity contribution in [2.75, 3.05) is 0 Å². The lowest BCUT2D eigenvalue weighted by Gasteiger charge is -2.15. The highest BCUT2D eigenvalue weighted by atomic mass is 35.5. The van der Waals surface area contributed by atoms with Gasteiger partial charge in [0, 0.05) is 48.3 Å². The number of carbonyl (C=O) groups excluding carboxylic acids is 1. The van der Waals surface area contributed by atoms with Crippen molar-refractivity contribution in [2.24, 2.45) is 5.92 Å². The molecule has 0 spiro atoms. The molecule has 1 aliphatic rings. The second-order valence-electron chi connectivity index (χ2n) is 10.7.